The molecule has 0 amide bonds. The molecule has 3 N–H and O–H groups in total. The van der Waals surface area contributed by atoms with Gasteiger partial charge in [-0.15, -0.1) is 0 Å². The molecule has 0 fully saturated rings. The van der Waals surface area contributed by atoms with Crippen LogP contribution in [0.2, 0.25) is 0 Å². The molecule has 0 saturated heterocycles. The van der Waals surface area contributed by atoms with Crippen LogP contribution in [0.5, 0.6) is 0 Å². The number of nitriles is 1. The van der Waals surface area contributed by atoms with Gasteiger partial charge in [-0.1, -0.05) is 30.3 Å². The van der Waals surface area contributed by atoms with Crippen molar-refractivity contribution in [2.75, 3.05) is 12.3 Å². The van der Waals surface area contributed by atoms with Gasteiger partial charge in [-0.05, 0) is 12.5 Å². The summed E-state index contributed by atoms with van der Waals surface area (Å²) in [5.41, 5.74) is 7.33. The summed E-state index contributed by atoms with van der Waals surface area (Å²) in [6.07, 6.45) is 0. The summed E-state index contributed by atoms with van der Waals surface area (Å²) in [7, 11) is 0. The van der Waals surface area contributed by atoms with Crippen LogP contribution in [0.3, 0.4) is 0 Å². The van der Waals surface area contributed by atoms with Crippen molar-refractivity contribution in [1.29, 1.82) is 5.26 Å². The van der Waals surface area contributed by atoms with Crippen molar-refractivity contribution in [3.8, 4) is 17.3 Å². The summed E-state index contributed by atoms with van der Waals surface area (Å²) in [5, 5.41) is 9.12. The molecule has 1 aromatic carbocycles. The number of aromatic amines is 1. The van der Waals surface area contributed by atoms with Crippen molar-refractivity contribution in [3.63, 3.8) is 0 Å². The van der Waals surface area contributed by atoms with Gasteiger partial charge in [0.1, 0.15) is 23.0 Å². The van der Waals surface area contributed by atoms with Gasteiger partial charge >= 0.3 is 5.97 Å². The summed E-state index contributed by atoms with van der Waals surface area (Å²) in [4.78, 5) is 14.9. The fourth-order valence-electron chi connectivity index (χ4n) is 1.86. The molecule has 0 radical (unpaired) electrons. The van der Waals surface area contributed by atoms with E-state index in [1.54, 1.807) is 6.92 Å². The van der Waals surface area contributed by atoms with Crippen molar-refractivity contribution >= 4 is 11.8 Å². The Morgan fingerprint density at radius 1 is 1.42 bits per heavy atom. The minimum atomic E-state index is -0.550. The monoisotopic (exact) mass is 255 g/mol. The highest BCUT2D eigenvalue weighted by Gasteiger charge is 2.23. The number of hydrogen-bond acceptors (Lipinski definition) is 4. The smallest absolute Gasteiger partial charge is 0.341 e. The number of nitrogens with one attached hydrogen (secondary N) is 1. The van der Waals surface area contributed by atoms with E-state index in [2.05, 4.69) is 4.98 Å². The molecule has 0 atom stereocenters. The third kappa shape index (κ3) is 2.29. The number of rotatable bonds is 3. The molecule has 0 saturated carbocycles. The zero-order chi connectivity index (χ0) is 13.8. The maximum Gasteiger partial charge on any atom is 0.341 e. The molecule has 0 bridgehead atoms. The zero-order valence-electron chi connectivity index (χ0n) is 10.4. The third-order valence-corrected chi connectivity index (χ3v) is 2.68. The highest BCUT2D eigenvalue weighted by atomic mass is 16.5. The van der Waals surface area contributed by atoms with Crippen LogP contribution < -0.4 is 5.73 Å². The van der Waals surface area contributed by atoms with Crippen LogP contribution in [0, 0.1) is 11.3 Å². The largest absolute Gasteiger partial charge is 0.462 e. The Hall–Kier alpha value is -2.74. The van der Waals surface area contributed by atoms with Gasteiger partial charge in [0.25, 0.3) is 0 Å². The Balaban J connectivity index is 2.62. The van der Waals surface area contributed by atoms with Gasteiger partial charge in [0.05, 0.1) is 12.3 Å². The Morgan fingerprint density at radius 3 is 2.68 bits per heavy atom. The fourth-order valence-corrected chi connectivity index (χ4v) is 1.86. The first-order chi connectivity index (χ1) is 9.19. The molecular weight excluding hydrogens is 242 g/mol. The lowest BCUT2D eigenvalue weighted by atomic mass is 10.1. The maximum absolute atomic E-state index is 12.0. The molecule has 1 aromatic heterocycles. The summed E-state index contributed by atoms with van der Waals surface area (Å²) < 4.78 is 4.98. The minimum Gasteiger partial charge on any atom is -0.462 e. The summed E-state index contributed by atoms with van der Waals surface area (Å²) in [6, 6.07) is 11.1. The Morgan fingerprint density at radius 2 is 2.11 bits per heavy atom. The molecule has 96 valence electrons. The van der Waals surface area contributed by atoms with Gasteiger partial charge in [0.2, 0.25) is 0 Å². The molecule has 0 aliphatic rings. The maximum atomic E-state index is 12.0. The topological polar surface area (TPSA) is 91.9 Å². The first kappa shape index (κ1) is 12.7. The number of esters is 1. The summed E-state index contributed by atoms with van der Waals surface area (Å²) >= 11 is 0. The SMILES string of the molecule is CCOC(=O)c1c(-c2ccccc2)[nH]c(N)c1C#N. The average Bonchev–Trinajstić information content (AvgIpc) is 2.77. The number of ether oxygens (including phenoxy) is 1. The van der Waals surface area contributed by atoms with E-state index in [-0.39, 0.29) is 23.6 Å². The van der Waals surface area contributed by atoms with Crippen molar-refractivity contribution in [1.82, 2.24) is 4.98 Å². The van der Waals surface area contributed by atoms with Gasteiger partial charge in [0.15, 0.2) is 0 Å². The lowest BCUT2D eigenvalue weighted by molar-refractivity contribution is 0.0527. The van der Waals surface area contributed by atoms with E-state index in [0.717, 1.165) is 5.56 Å². The van der Waals surface area contributed by atoms with Gasteiger partial charge in [-0.25, -0.2) is 4.79 Å². The van der Waals surface area contributed by atoms with Crippen molar-refractivity contribution in [2.45, 2.75) is 6.92 Å². The molecular formula is C14H13N3O2. The molecule has 2 aromatic rings. The number of carbonyl (C=O) groups is 1. The van der Waals surface area contributed by atoms with Gasteiger partial charge < -0.3 is 15.5 Å². The summed E-state index contributed by atoms with van der Waals surface area (Å²) in [5.74, 6) is -0.379. The van der Waals surface area contributed by atoms with Crippen molar-refractivity contribution < 1.29 is 9.53 Å². The predicted molar refractivity (Wildman–Crippen MR) is 71.3 cm³/mol. The quantitative estimate of drug-likeness (QED) is 0.823. The average molecular weight is 255 g/mol. The number of H-pyrrole nitrogens is 1. The number of anilines is 1. The standard InChI is InChI=1S/C14H13N3O2/c1-2-19-14(18)11-10(8-15)13(16)17-12(11)9-6-4-3-5-7-9/h3-7,17H,2,16H2,1H3. The van der Waals surface area contributed by atoms with Crippen LogP contribution in [0.4, 0.5) is 5.82 Å². The Bertz CT molecular complexity index is 639. The minimum absolute atomic E-state index is 0.123. The molecule has 1 heterocycles. The lowest BCUT2D eigenvalue weighted by Gasteiger charge is -2.04. The van der Waals surface area contributed by atoms with Crippen LogP contribution in [-0.2, 0) is 4.74 Å². The zero-order valence-corrected chi connectivity index (χ0v) is 10.4. The van der Waals surface area contributed by atoms with Crippen LogP contribution in [-0.4, -0.2) is 17.6 Å². The van der Waals surface area contributed by atoms with Crippen LogP contribution in [0.1, 0.15) is 22.8 Å². The molecule has 0 unspecified atom stereocenters. The Labute approximate surface area is 110 Å². The first-order valence-electron chi connectivity index (χ1n) is 5.83. The molecule has 0 aliphatic heterocycles. The van der Waals surface area contributed by atoms with E-state index < -0.39 is 5.97 Å². The van der Waals surface area contributed by atoms with Crippen molar-refractivity contribution in [2.24, 2.45) is 0 Å². The Kier molecular flexibility index (Phi) is 3.53. The second-order valence-electron chi connectivity index (χ2n) is 3.86. The normalized spacial score (nSPS) is 9.89. The van der Waals surface area contributed by atoms with E-state index in [0.29, 0.717) is 5.69 Å². The van der Waals surface area contributed by atoms with E-state index in [9.17, 15) is 4.79 Å². The highest BCUT2D eigenvalue weighted by molar-refractivity contribution is 6.01. The predicted octanol–water partition coefficient (Wildman–Crippen LogP) is 2.31. The van der Waals surface area contributed by atoms with Crippen molar-refractivity contribution in [3.05, 3.63) is 41.5 Å². The molecule has 0 aliphatic carbocycles. The molecule has 0 spiro atoms. The molecule has 19 heavy (non-hydrogen) atoms. The number of hydrogen-bond donors (Lipinski definition) is 2. The van der Waals surface area contributed by atoms with Gasteiger partial charge in [-0.2, -0.15) is 5.26 Å². The number of aromatic nitrogens is 1. The third-order valence-electron chi connectivity index (χ3n) is 2.68. The number of nitrogens with two attached hydrogens (primary N) is 1. The number of nitrogen functional groups attached to an aromatic ring is 1. The molecule has 5 heteroatoms. The lowest BCUT2D eigenvalue weighted by Crippen LogP contribution is -2.07. The van der Waals surface area contributed by atoms with E-state index in [1.165, 1.54) is 0 Å². The summed E-state index contributed by atoms with van der Waals surface area (Å²) in [6.45, 7) is 1.95. The number of nitrogens with zero attached hydrogens (tertiary/aromatic N) is 1. The van der Waals surface area contributed by atoms with Gasteiger partial charge in [0, 0.05) is 0 Å². The van der Waals surface area contributed by atoms with E-state index in [1.807, 2.05) is 36.4 Å². The van der Waals surface area contributed by atoms with E-state index >= 15 is 0 Å². The van der Waals surface area contributed by atoms with E-state index in [4.69, 9.17) is 15.7 Å². The second kappa shape index (κ2) is 5.27. The number of benzene rings is 1. The molecule has 5 nitrogen and oxygen atoms in total. The van der Waals surface area contributed by atoms with Crippen LogP contribution in [0.15, 0.2) is 30.3 Å². The van der Waals surface area contributed by atoms with Crippen LogP contribution in [0.25, 0.3) is 11.3 Å². The second-order valence-corrected chi connectivity index (χ2v) is 3.86. The van der Waals surface area contributed by atoms with Gasteiger partial charge in [-0.3, -0.25) is 0 Å². The number of carbonyl (C=O) groups excluding carboxylic acids is 1. The molecule has 2 rings (SSSR count). The highest BCUT2D eigenvalue weighted by Crippen LogP contribution is 2.29. The van der Waals surface area contributed by atoms with Crippen LogP contribution >= 0.6 is 0 Å². The first-order valence-corrected chi connectivity index (χ1v) is 5.83. The fraction of sp³-hybridized carbons (Fsp3) is 0.143.